The fourth-order valence-electron chi connectivity index (χ4n) is 3.81. The first-order valence-corrected chi connectivity index (χ1v) is 5.87. The van der Waals surface area contributed by atoms with Crippen molar-refractivity contribution in [3.63, 3.8) is 0 Å². The average Bonchev–Trinajstić information content (AvgIpc) is 2.50. The van der Waals surface area contributed by atoms with Gasteiger partial charge in [-0.1, -0.05) is 20.3 Å². The predicted molar refractivity (Wildman–Crippen MR) is 56.8 cm³/mol. The lowest BCUT2D eigenvalue weighted by Gasteiger charge is -2.48. The zero-order valence-corrected chi connectivity index (χ0v) is 9.34. The van der Waals surface area contributed by atoms with Crippen molar-refractivity contribution in [1.82, 2.24) is 4.90 Å². The Morgan fingerprint density at radius 3 is 2.54 bits per heavy atom. The fourth-order valence-corrected chi connectivity index (χ4v) is 3.81. The average molecular weight is 181 g/mol. The second kappa shape index (κ2) is 3.27. The first-order chi connectivity index (χ1) is 6.17. The van der Waals surface area contributed by atoms with Crippen molar-refractivity contribution in [3.8, 4) is 0 Å². The quantitative estimate of drug-likeness (QED) is 0.601. The first-order valence-electron chi connectivity index (χ1n) is 5.87. The molecule has 0 bridgehead atoms. The van der Waals surface area contributed by atoms with E-state index in [-0.39, 0.29) is 0 Å². The molecule has 0 N–H and O–H groups in total. The normalized spacial score (nSPS) is 41.1. The number of rotatable bonds is 1. The van der Waals surface area contributed by atoms with Crippen LogP contribution in [0.15, 0.2) is 0 Å². The van der Waals surface area contributed by atoms with Crippen LogP contribution in [0.1, 0.15) is 46.0 Å². The Morgan fingerprint density at radius 2 is 1.92 bits per heavy atom. The van der Waals surface area contributed by atoms with Crippen molar-refractivity contribution in [2.45, 2.75) is 52.0 Å². The number of likely N-dealkylation sites (tertiary alicyclic amines) is 1. The van der Waals surface area contributed by atoms with Gasteiger partial charge in [0.1, 0.15) is 0 Å². The third-order valence-electron chi connectivity index (χ3n) is 4.62. The molecule has 13 heavy (non-hydrogen) atoms. The SMILES string of the molecule is CC(C)C12CCCC1N(C)CCC2. The minimum absolute atomic E-state index is 0.688. The van der Waals surface area contributed by atoms with Crippen molar-refractivity contribution in [1.29, 1.82) is 0 Å². The van der Waals surface area contributed by atoms with E-state index < -0.39 is 0 Å². The standard InChI is InChI=1S/C12H23N/c1-10(2)12-7-4-6-11(12)13(3)9-5-8-12/h10-11H,4-9H2,1-3H3. The van der Waals surface area contributed by atoms with Crippen LogP contribution >= 0.6 is 0 Å². The fraction of sp³-hybridized carbons (Fsp3) is 1.00. The van der Waals surface area contributed by atoms with Crippen LogP contribution < -0.4 is 0 Å². The maximum Gasteiger partial charge on any atom is 0.0151 e. The van der Waals surface area contributed by atoms with Gasteiger partial charge >= 0.3 is 0 Å². The molecule has 2 atom stereocenters. The zero-order valence-electron chi connectivity index (χ0n) is 9.34. The van der Waals surface area contributed by atoms with Gasteiger partial charge in [0.2, 0.25) is 0 Å². The molecular formula is C12H23N. The van der Waals surface area contributed by atoms with E-state index in [1.165, 1.54) is 38.6 Å². The lowest BCUT2D eigenvalue weighted by molar-refractivity contribution is 0.0180. The van der Waals surface area contributed by atoms with E-state index >= 15 is 0 Å². The zero-order chi connectivity index (χ0) is 9.47. The monoisotopic (exact) mass is 181 g/mol. The summed E-state index contributed by atoms with van der Waals surface area (Å²) in [5, 5.41) is 0. The largest absolute Gasteiger partial charge is 0.303 e. The first kappa shape index (κ1) is 9.51. The second-order valence-corrected chi connectivity index (χ2v) is 5.38. The van der Waals surface area contributed by atoms with Gasteiger partial charge in [0.05, 0.1) is 0 Å². The summed E-state index contributed by atoms with van der Waals surface area (Å²) in [6.45, 7) is 6.19. The van der Waals surface area contributed by atoms with Crippen LogP contribution in [0, 0.1) is 11.3 Å². The van der Waals surface area contributed by atoms with Crippen LogP contribution in [-0.2, 0) is 0 Å². The predicted octanol–water partition coefficient (Wildman–Crippen LogP) is 2.91. The van der Waals surface area contributed by atoms with E-state index in [2.05, 4.69) is 25.8 Å². The number of hydrogen-bond donors (Lipinski definition) is 0. The topological polar surface area (TPSA) is 3.24 Å². The Labute approximate surface area is 82.5 Å². The summed E-state index contributed by atoms with van der Waals surface area (Å²) in [6, 6.07) is 0.904. The van der Waals surface area contributed by atoms with E-state index in [0.717, 1.165) is 12.0 Å². The van der Waals surface area contributed by atoms with Gasteiger partial charge in [0.15, 0.2) is 0 Å². The summed E-state index contributed by atoms with van der Waals surface area (Å²) < 4.78 is 0. The molecule has 1 aliphatic carbocycles. The van der Waals surface area contributed by atoms with Gasteiger partial charge < -0.3 is 4.90 Å². The molecule has 1 saturated carbocycles. The van der Waals surface area contributed by atoms with Crippen molar-refractivity contribution in [2.24, 2.45) is 11.3 Å². The summed E-state index contributed by atoms with van der Waals surface area (Å²) in [4.78, 5) is 2.62. The lowest BCUT2D eigenvalue weighted by atomic mass is 9.67. The number of fused-ring (bicyclic) bond motifs is 1. The van der Waals surface area contributed by atoms with E-state index in [1.807, 2.05) is 0 Å². The number of hydrogen-bond acceptors (Lipinski definition) is 1. The van der Waals surface area contributed by atoms with Crippen molar-refractivity contribution in [3.05, 3.63) is 0 Å². The Hall–Kier alpha value is -0.0400. The van der Waals surface area contributed by atoms with E-state index in [4.69, 9.17) is 0 Å². The summed E-state index contributed by atoms with van der Waals surface area (Å²) in [6.07, 6.45) is 7.31. The smallest absolute Gasteiger partial charge is 0.0151 e. The maximum atomic E-state index is 2.62. The lowest BCUT2D eigenvalue weighted by Crippen LogP contribution is -2.49. The second-order valence-electron chi connectivity index (χ2n) is 5.38. The Morgan fingerprint density at radius 1 is 1.23 bits per heavy atom. The Kier molecular flexibility index (Phi) is 2.39. The highest BCUT2D eigenvalue weighted by molar-refractivity contribution is 5.01. The molecule has 2 fully saturated rings. The van der Waals surface area contributed by atoms with Gasteiger partial charge in [0, 0.05) is 6.04 Å². The molecule has 0 amide bonds. The minimum atomic E-state index is 0.688. The van der Waals surface area contributed by atoms with Crippen LogP contribution in [-0.4, -0.2) is 24.5 Å². The molecule has 2 aliphatic rings. The molecule has 76 valence electrons. The highest BCUT2D eigenvalue weighted by Gasteiger charge is 2.48. The molecule has 1 saturated heterocycles. The molecule has 0 spiro atoms. The molecule has 0 aromatic rings. The number of piperidine rings is 1. The molecule has 2 unspecified atom stereocenters. The van der Waals surface area contributed by atoms with Crippen LogP contribution in [0.2, 0.25) is 0 Å². The van der Waals surface area contributed by atoms with Gasteiger partial charge in [0.25, 0.3) is 0 Å². The van der Waals surface area contributed by atoms with E-state index in [9.17, 15) is 0 Å². The Bertz CT molecular complexity index is 188. The van der Waals surface area contributed by atoms with Crippen molar-refractivity contribution < 1.29 is 0 Å². The molecule has 0 aromatic heterocycles. The summed E-state index contributed by atoms with van der Waals surface area (Å²) in [5.74, 6) is 0.878. The van der Waals surface area contributed by atoms with Gasteiger partial charge in [-0.2, -0.15) is 0 Å². The van der Waals surface area contributed by atoms with Gasteiger partial charge in [-0.25, -0.2) is 0 Å². The Balaban J connectivity index is 2.22. The minimum Gasteiger partial charge on any atom is -0.303 e. The van der Waals surface area contributed by atoms with Gasteiger partial charge in [-0.15, -0.1) is 0 Å². The van der Waals surface area contributed by atoms with Crippen LogP contribution in [0.5, 0.6) is 0 Å². The van der Waals surface area contributed by atoms with E-state index in [0.29, 0.717) is 5.41 Å². The molecule has 0 aromatic carbocycles. The molecule has 1 aliphatic heterocycles. The van der Waals surface area contributed by atoms with E-state index in [1.54, 1.807) is 0 Å². The molecule has 1 heterocycles. The van der Waals surface area contributed by atoms with Crippen molar-refractivity contribution in [2.75, 3.05) is 13.6 Å². The highest BCUT2D eigenvalue weighted by Crippen LogP contribution is 2.51. The van der Waals surface area contributed by atoms with Crippen LogP contribution in [0.3, 0.4) is 0 Å². The maximum absolute atomic E-state index is 2.62. The summed E-state index contributed by atoms with van der Waals surface area (Å²) in [7, 11) is 2.33. The summed E-state index contributed by atoms with van der Waals surface area (Å²) >= 11 is 0. The molecule has 2 rings (SSSR count). The molecule has 0 radical (unpaired) electrons. The molecular weight excluding hydrogens is 158 g/mol. The van der Waals surface area contributed by atoms with Crippen LogP contribution in [0.25, 0.3) is 0 Å². The third kappa shape index (κ3) is 1.32. The summed E-state index contributed by atoms with van der Waals surface area (Å²) in [5.41, 5.74) is 0.688. The van der Waals surface area contributed by atoms with Crippen LogP contribution in [0.4, 0.5) is 0 Å². The van der Waals surface area contributed by atoms with Gasteiger partial charge in [-0.3, -0.25) is 0 Å². The molecule has 1 nitrogen and oxygen atoms in total. The number of nitrogens with zero attached hydrogens (tertiary/aromatic N) is 1. The third-order valence-corrected chi connectivity index (χ3v) is 4.62. The highest BCUT2D eigenvalue weighted by atomic mass is 15.2. The van der Waals surface area contributed by atoms with Gasteiger partial charge in [-0.05, 0) is 50.6 Å². The molecule has 1 heteroatoms. The van der Waals surface area contributed by atoms with Crippen molar-refractivity contribution >= 4 is 0 Å².